The summed E-state index contributed by atoms with van der Waals surface area (Å²) in [6, 6.07) is 18.7. The zero-order valence-electron chi connectivity index (χ0n) is 15.6. The molecule has 0 bridgehead atoms. The Bertz CT molecular complexity index is 1020. The molecular formula is C23H17FO5. The van der Waals surface area contributed by atoms with Gasteiger partial charge in [0.15, 0.2) is 12.4 Å². The van der Waals surface area contributed by atoms with Gasteiger partial charge in [-0.1, -0.05) is 24.3 Å². The van der Waals surface area contributed by atoms with Crippen molar-refractivity contribution in [1.29, 1.82) is 0 Å². The largest absolute Gasteiger partial charge is 0.454 e. The van der Waals surface area contributed by atoms with E-state index in [4.69, 9.17) is 9.47 Å². The zero-order chi connectivity index (χ0) is 20.8. The van der Waals surface area contributed by atoms with Crippen LogP contribution in [-0.4, -0.2) is 24.3 Å². The van der Waals surface area contributed by atoms with Crippen molar-refractivity contribution in [3.8, 4) is 16.9 Å². The lowest BCUT2D eigenvalue weighted by molar-refractivity contribution is -0.131. The van der Waals surface area contributed by atoms with Gasteiger partial charge in [0.2, 0.25) is 0 Å². The molecule has 0 heterocycles. The van der Waals surface area contributed by atoms with Crippen LogP contribution in [0.2, 0.25) is 0 Å². The normalized spacial score (nSPS) is 10.3. The Labute approximate surface area is 166 Å². The second kappa shape index (κ2) is 8.93. The van der Waals surface area contributed by atoms with Crippen LogP contribution >= 0.6 is 0 Å². The maximum absolute atomic E-state index is 12.9. The Kier molecular flexibility index (Phi) is 6.14. The Morgan fingerprint density at radius 2 is 1.28 bits per heavy atom. The summed E-state index contributed by atoms with van der Waals surface area (Å²) in [5.74, 6) is -1.43. The van der Waals surface area contributed by atoms with Gasteiger partial charge in [0.25, 0.3) is 0 Å². The highest BCUT2D eigenvalue weighted by Crippen LogP contribution is 2.23. The molecule has 0 fully saturated rings. The lowest BCUT2D eigenvalue weighted by Gasteiger charge is -2.07. The lowest BCUT2D eigenvalue weighted by atomic mass is 10.0. The number of Topliss-reactive ketones (excluding diaryl/α,β-unsaturated/α-hetero) is 1. The van der Waals surface area contributed by atoms with E-state index in [2.05, 4.69) is 0 Å². The van der Waals surface area contributed by atoms with Crippen molar-refractivity contribution in [2.45, 2.75) is 6.92 Å². The number of carbonyl (C=O) groups is 3. The summed E-state index contributed by atoms with van der Waals surface area (Å²) >= 11 is 0. The summed E-state index contributed by atoms with van der Waals surface area (Å²) < 4.78 is 22.9. The number of carbonyl (C=O) groups excluding carboxylic acids is 3. The predicted molar refractivity (Wildman–Crippen MR) is 104 cm³/mol. The van der Waals surface area contributed by atoms with Crippen LogP contribution in [0, 0.1) is 5.82 Å². The van der Waals surface area contributed by atoms with E-state index in [9.17, 15) is 18.8 Å². The third-order valence-corrected chi connectivity index (χ3v) is 4.07. The van der Waals surface area contributed by atoms with E-state index in [0.717, 1.165) is 11.1 Å². The third kappa shape index (κ3) is 5.35. The van der Waals surface area contributed by atoms with E-state index < -0.39 is 30.1 Å². The standard InChI is InChI=1S/C23H17FO5/c1-15(25)29-21-12-8-17(9-13-21)16-2-4-19(5-3-16)23(27)28-14-22(26)18-6-10-20(24)11-7-18/h2-13H,14H2,1H3. The molecular weight excluding hydrogens is 375 g/mol. The zero-order valence-corrected chi connectivity index (χ0v) is 15.6. The molecule has 3 rings (SSSR count). The van der Waals surface area contributed by atoms with Crippen LogP contribution in [0.4, 0.5) is 4.39 Å². The lowest BCUT2D eigenvalue weighted by Crippen LogP contribution is -2.14. The molecule has 3 aromatic carbocycles. The highest BCUT2D eigenvalue weighted by atomic mass is 19.1. The monoisotopic (exact) mass is 392 g/mol. The summed E-state index contributed by atoms with van der Waals surface area (Å²) in [6.07, 6.45) is 0. The first-order valence-electron chi connectivity index (χ1n) is 8.77. The number of benzene rings is 3. The second-order valence-electron chi connectivity index (χ2n) is 6.20. The maximum Gasteiger partial charge on any atom is 0.338 e. The molecule has 0 aliphatic heterocycles. The molecule has 5 nitrogen and oxygen atoms in total. The van der Waals surface area contributed by atoms with E-state index in [-0.39, 0.29) is 5.56 Å². The van der Waals surface area contributed by atoms with E-state index in [0.29, 0.717) is 11.3 Å². The second-order valence-corrected chi connectivity index (χ2v) is 6.20. The highest BCUT2D eigenvalue weighted by Gasteiger charge is 2.12. The van der Waals surface area contributed by atoms with Crippen LogP contribution in [0.25, 0.3) is 11.1 Å². The number of ether oxygens (including phenoxy) is 2. The van der Waals surface area contributed by atoms with Crippen LogP contribution < -0.4 is 4.74 Å². The van der Waals surface area contributed by atoms with E-state index in [1.807, 2.05) is 0 Å². The van der Waals surface area contributed by atoms with E-state index in [1.165, 1.54) is 31.2 Å². The molecule has 0 aliphatic carbocycles. The maximum atomic E-state index is 12.9. The molecule has 0 unspecified atom stereocenters. The molecule has 6 heteroatoms. The molecule has 0 saturated heterocycles. The van der Waals surface area contributed by atoms with Crippen LogP contribution in [-0.2, 0) is 9.53 Å². The van der Waals surface area contributed by atoms with Crippen molar-refractivity contribution < 1.29 is 28.2 Å². The summed E-state index contributed by atoms with van der Waals surface area (Å²) in [5.41, 5.74) is 2.31. The van der Waals surface area contributed by atoms with Crippen LogP contribution in [0.1, 0.15) is 27.6 Å². The smallest absolute Gasteiger partial charge is 0.338 e. The Morgan fingerprint density at radius 1 is 0.759 bits per heavy atom. The average Bonchev–Trinajstić information content (AvgIpc) is 2.72. The molecule has 0 amide bonds. The van der Waals surface area contributed by atoms with Crippen molar-refractivity contribution in [1.82, 2.24) is 0 Å². The van der Waals surface area contributed by atoms with Crippen molar-refractivity contribution in [3.05, 3.63) is 89.7 Å². The number of hydrogen-bond acceptors (Lipinski definition) is 5. The summed E-state index contributed by atoms with van der Waals surface area (Å²) in [4.78, 5) is 35.1. The van der Waals surface area contributed by atoms with Crippen molar-refractivity contribution in [2.75, 3.05) is 6.61 Å². The van der Waals surface area contributed by atoms with Gasteiger partial charge in [0.1, 0.15) is 11.6 Å². The van der Waals surface area contributed by atoms with Crippen molar-refractivity contribution >= 4 is 17.7 Å². The molecule has 0 N–H and O–H groups in total. The minimum Gasteiger partial charge on any atom is -0.454 e. The van der Waals surface area contributed by atoms with E-state index >= 15 is 0 Å². The number of esters is 2. The minimum atomic E-state index is -0.628. The molecule has 0 saturated carbocycles. The molecule has 146 valence electrons. The van der Waals surface area contributed by atoms with Crippen molar-refractivity contribution in [2.24, 2.45) is 0 Å². The Morgan fingerprint density at radius 3 is 1.83 bits per heavy atom. The van der Waals surface area contributed by atoms with Gasteiger partial charge in [0.05, 0.1) is 5.56 Å². The predicted octanol–water partition coefficient (Wildman–Crippen LogP) is 4.46. The third-order valence-electron chi connectivity index (χ3n) is 4.07. The average molecular weight is 392 g/mol. The van der Waals surface area contributed by atoms with Gasteiger partial charge in [-0.15, -0.1) is 0 Å². The molecule has 0 radical (unpaired) electrons. The fourth-order valence-corrected chi connectivity index (χ4v) is 2.61. The molecule has 0 spiro atoms. The van der Waals surface area contributed by atoms with Crippen LogP contribution in [0.15, 0.2) is 72.8 Å². The van der Waals surface area contributed by atoms with Crippen LogP contribution in [0.3, 0.4) is 0 Å². The molecule has 29 heavy (non-hydrogen) atoms. The fraction of sp³-hybridized carbons (Fsp3) is 0.0870. The SMILES string of the molecule is CC(=O)Oc1ccc(-c2ccc(C(=O)OCC(=O)c3ccc(F)cc3)cc2)cc1. The summed E-state index contributed by atoms with van der Waals surface area (Å²) in [7, 11) is 0. The van der Waals surface area contributed by atoms with E-state index in [1.54, 1.807) is 48.5 Å². The first kappa shape index (κ1) is 19.9. The topological polar surface area (TPSA) is 69.7 Å². The minimum absolute atomic E-state index is 0.270. The first-order chi connectivity index (χ1) is 13.9. The Hall–Kier alpha value is -3.80. The number of ketones is 1. The number of hydrogen-bond donors (Lipinski definition) is 0. The van der Waals surface area contributed by atoms with Gasteiger partial charge in [-0.05, 0) is 59.7 Å². The van der Waals surface area contributed by atoms with Crippen LogP contribution in [0.5, 0.6) is 5.75 Å². The first-order valence-corrected chi connectivity index (χ1v) is 8.77. The number of halogens is 1. The summed E-state index contributed by atoms with van der Waals surface area (Å²) in [5, 5.41) is 0. The highest BCUT2D eigenvalue weighted by molar-refractivity contribution is 5.99. The number of rotatable bonds is 6. The van der Waals surface area contributed by atoms with Gasteiger partial charge in [-0.25, -0.2) is 9.18 Å². The van der Waals surface area contributed by atoms with Crippen molar-refractivity contribution in [3.63, 3.8) is 0 Å². The van der Waals surface area contributed by atoms with Gasteiger partial charge in [0, 0.05) is 12.5 Å². The van der Waals surface area contributed by atoms with Gasteiger partial charge in [-0.2, -0.15) is 0 Å². The summed E-state index contributed by atoms with van der Waals surface area (Å²) in [6.45, 7) is 0.906. The van der Waals surface area contributed by atoms with Gasteiger partial charge in [-0.3, -0.25) is 9.59 Å². The van der Waals surface area contributed by atoms with Gasteiger partial charge < -0.3 is 9.47 Å². The molecule has 3 aromatic rings. The molecule has 0 aromatic heterocycles. The van der Waals surface area contributed by atoms with Gasteiger partial charge >= 0.3 is 11.9 Å². The Balaban J connectivity index is 1.60. The molecule has 0 aliphatic rings. The molecule has 0 atom stereocenters. The fourth-order valence-electron chi connectivity index (χ4n) is 2.61. The quantitative estimate of drug-likeness (QED) is 0.352.